The van der Waals surface area contributed by atoms with E-state index in [1.807, 2.05) is 21.7 Å². The summed E-state index contributed by atoms with van der Waals surface area (Å²) in [5, 5.41) is 2.66. The molecule has 0 aliphatic heterocycles. The maximum atomic E-state index is 2.22. The predicted octanol–water partition coefficient (Wildman–Crippen LogP) is 1.63. The molecule has 0 aliphatic carbocycles. The summed E-state index contributed by atoms with van der Waals surface area (Å²) in [6.07, 6.45) is 0. The third-order valence-corrected chi connectivity index (χ3v) is 2.25. The molecule has 0 radical (unpaired) electrons. The van der Waals surface area contributed by atoms with E-state index in [2.05, 4.69) is 42.5 Å². The van der Waals surface area contributed by atoms with Gasteiger partial charge in [0.25, 0.3) is 0 Å². The van der Waals surface area contributed by atoms with Crippen LogP contribution < -0.4 is 3.69 Å². The van der Waals surface area contributed by atoms with Crippen molar-refractivity contribution >= 4 is 36.2 Å². The summed E-state index contributed by atoms with van der Waals surface area (Å²) in [5.74, 6) is 0. The van der Waals surface area contributed by atoms with E-state index in [9.17, 15) is 0 Å². The van der Waals surface area contributed by atoms with E-state index in [-0.39, 0.29) is 0 Å². The van der Waals surface area contributed by atoms with Crippen LogP contribution in [-0.2, 0) is 0 Å². The Bertz CT molecular complexity index is 379. The summed E-state index contributed by atoms with van der Waals surface area (Å²) in [7, 11) is 0. The second kappa shape index (κ2) is 2.84. The Kier molecular flexibility index (Phi) is 1.84. The van der Waals surface area contributed by atoms with E-state index in [1.54, 1.807) is 0 Å². The van der Waals surface area contributed by atoms with E-state index in [1.165, 1.54) is 14.5 Å². The molecule has 0 amide bonds. The van der Waals surface area contributed by atoms with Gasteiger partial charge in [-0.15, -0.1) is 0 Å². The third kappa shape index (κ3) is 1.39. The summed E-state index contributed by atoms with van der Waals surface area (Å²) >= 11 is 1.92. The van der Waals surface area contributed by atoms with Crippen molar-refractivity contribution in [3.8, 4) is 0 Å². The summed E-state index contributed by atoms with van der Waals surface area (Å²) in [6, 6.07) is 15.0. The SMILES string of the molecule is [Mg+][c]1ccc2ccccc2c1. The molecule has 2 aromatic rings. The second-order valence-electron chi connectivity index (χ2n) is 2.68. The Morgan fingerprint density at radius 1 is 0.818 bits per heavy atom. The van der Waals surface area contributed by atoms with Crippen LogP contribution in [0.25, 0.3) is 10.8 Å². The monoisotopic (exact) mass is 151 g/mol. The fourth-order valence-corrected chi connectivity index (χ4v) is 1.58. The Labute approximate surface area is 78.7 Å². The first-order chi connectivity index (χ1) is 5.36. The maximum absolute atomic E-state index is 2.22. The van der Waals surface area contributed by atoms with Crippen LogP contribution in [0.1, 0.15) is 0 Å². The Morgan fingerprint density at radius 3 is 2.36 bits per heavy atom. The average molecular weight is 151 g/mol. The molecule has 1 heteroatoms. The molecule has 0 fully saturated rings. The zero-order valence-corrected chi connectivity index (χ0v) is 7.66. The van der Waals surface area contributed by atoms with Gasteiger partial charge in [0, 0.05) is 0 Å². The van der Waals surface area contributed by atoms with E-state index >= 15 is 0 Å². The molecule has 0 saturated carbocycles. The first-order valence-electron chi connectivity index (χ1n) is 3.67. The first-order valence-corrected chi connectivity index (χ1v) is 4.38. The Hall–Kier alpha value is -0.534. The quantitative estimate of drug-likeness (QED) is 0.502. The summed E-state index contributed by atoms with van der Waals surface area (Å²) < 4.78 is 1.35. The van der Waals surface area contributed by atoms with Crippen LogP contribution in [0.4, 0.5) is 0 Å². The van der Waals surface area contributed by atoms with E-state index < -0.39 is 0 Å². The Morgan fingerprint density at radius 2 is 1.55 bits per heavy atom. The van der Waals surface area contributed by atoms with Crippen molar-refractivity contribution in [2.24, 2.45) is 0 Å². The normalized spacial score (nSPS) is 10.4. The van der Waals surface area contributed by atoms with Gasteiger partial charge in [0.2, 0.25) is 0 Å². The van der Waals surface area contributed by atoms with Crippen molar-refractivity contribution in [3.05, 3.63) is 42.5 Å². The van der Waals surface area contributed by atoms with Crippen LogP contribution in [0, 0.1) is 0 Å². The van der Waals surface area contributed by atoms with E-state index in [4.69, 9.17) is 0 Å². The zero-order valence-electron chi connectivity index (χ0n) is 6.25. The minimum atomic E-state index is 1.32. The van der Waals surface area contributed by atoms with Crippen LogP contribution in [-0.4, -0.2) is 21.7 Å². The summed E-state index contributed by atoms with van der Waals surface area (Å²) in [5.41, 5.74) is 0. The molecule has 11 heavy (non-hydrogen) atoms. The fraction of sp³-hybridized carbons (Fsp3) is 0. The molecule has 2 rings (SSSR count). The van der Waals surface area contributed by atoms with Crippen molar-refractivity contribution in [2.45, 2.75) is 0 Å². The number of hydrogen-bond acceptors (Lipinski definition) is 0. The first kappa shape index (κ1) is 7.13. The van der Waals surface area contributed by atoms with Gasteiger partial charge in [-0.1, -0.05) is 0 Å². The van der Waals surface area contributed by atoms with Crippen LogP contribution in [0.5, 0.6) is 0 Å². The molecule has 0 heterocycles. The molecule has 0 nitrogen and oxygen atoms in total. The van der Waals surface area contributed by atoms with Gasteiger partial charge in [0.05, 0.1) is 0 Å². The number of hydrogen-bond donors (Lipinski definition) is 0. The fourth-order valence-electron chi connectivity index (χ4n) is 1.24. The molecule has 0 unspecified atom stereocenters. The minimum absolute atomic E-state index is 1.32. The second-order valence-corrected chi connectivity index (χ2v) is 3.50. The zero-order chi connectivity index (χ0) is 7.68. The summed E-state index contributed by atoms with van der Waals surface area (Å²) in [6.45, 7) is 0. The molecule has 0 spiro atoms. The molecule has 0 atom stereocenters. The molecule has 0 N–H and O–H groups in total. The van der Waals surface area contributed by atoms with Crippen molar-refractivity contribution in [3.63, 3.8) is 0 Å². The van der Waals surface area contributed by atoms with Gasteiger partial charge >= 0.3 is 78.6 Å². The average Bonchev–Trinajstić information content (AvgIpc) is 2.04. The van der Waals surface area contributed by atoms with Crippen molar-refractivity contribution < 1.29 is 0 Å². The van der Waals surface area contributed by atoms with E-state index in [0.29, 0.717) is 0 Å². The molecule has 0 bridgehead atoms. The molecule has 0 saturated heterocycles. The van der Waals surface area contributed by atoms with Crippen LogP contribution in [0.3, 0.4) is 0 Å². The van der Waals surface area contributed by atoms with E-state index in [0.717, 1.165) is 0 Å². The summed E-state index contributed by atoms with van der Waals surface area (Å²) in [4.78, 5) is 0. The van der Waals surface area contributed by atoms with Gasteiger partial charge in [0.1, 0.15) is 0 Å². The number of benzene rings is 2. The number of rotatable bonds is 0. The standard InChI is InChI=1S/C10H7.Mg/c1-2-6-10-8-4-3-7-9(10)5-1;/h1-3,5-8H;/q;+1. The molecule has 0 aromatic heterocycles. The van der Waals surface area contributed by atoms with Crippen LogP contribution in [0.2, 0.25) is 0 Å². The van der Waals surface area contributed by atoms with Gasteiger partial charge in [-0.3, -0.25) is 0 Å². The van der Waals surface area contributed by atoms with Gasteiger partial charge in [-0.2, -0.15) is 0 Å². The van der Waals surface area contributed by atoms with Gasteiger partial charge in [-0.25, -0.2) is 0 Å². The Balaban J connectivity index is 2.83. The van der Waals surface area contributed by atoms with Crippen molar-refractivity contribution in [1.82, 2.24) is 0 Å². The molecular formula is C10H7Mg+. The van der Waals surface area contributed by atoms with Gasteiger partial charge in [-0.05, 0) is 0 Å². The van der Waals surface area contributed by atoms with Crippen LogP contribution in [0.15, 0.2) is 42.5 Å². The molecular weight excluding hydrogens is 144 g/mol. The molecule has 48 valence electrons. The van der Waals surface area contributed by atoms with Gasteiger partial charge < -0.3 is 0 Å². The third-order valence-electron chi connectivity index (χ3n) is 1.81. The molecule has 0 aliphatic rings. The number of fused-ring (bicyclic) bond motifs is 1. The predicted molar refractivity (Wildman–Crippen MR) is 49.3 cm³/mol. The molecule has 2 aromatic carbocycles. The van der Waals surface area contributed by atoms with Crippen LogP contribution >= 0.6 is 0 Å². The topological polar surface area (TPSA) is 0 Å². The van der Waals surface area contributed by atoms with Gasteiger partial charge in [0.15, 0.2) is 0 Å². The van der Waals surface area contributed by atoms with Crippen molar-refractivity contribution in [2.75, 3.05) is 0 Å². The van der Waals surface area contributed by atoms with Crippen molar-refractivity contribution in [1.29, 1.82) is 0 Å².